The molecule has 1 amide bonds. The van der Waals surface area contributed by atoms with Gasteiger partial charge in [0.25, 0.3) is 0 Å². The molecule has 5 nitrogen and oxygen atoms in total. The Bertz CT molecular complexity index is 1060. The number of aryl methyl sites for hydroxylation is 3. The summed E-state index contributed by atoms with van der Waals surface area (Å²) in [6, 6.07) is 14.5. The number of carbonyl (C=O) groups is 1. The van der Waals surface area contributed by atoms with Crippen LogP contribution in [-0.2, 0) is 4.79 Å². The van der Waals surface area contributed by atoms with Gasteiger partial charge in [-0.25, -0.2) is 9.97 Å². The van der Waals surface area contributed by atoms with Gasteiger partial charge in [-0.3, -0.25) is 4.79 Å². The van der Waals surface area contributed by atoms with Gasteiger partial charge >= 0.3 is 0 Å². The Balaban J connectivity index is 1.42. The average Bonchev–Trinajstić information content (AvgIpc) is 2.75. The molecule has 0 saturated carbocycles. The maximum absolute atomic E-state index is 12.8. The predicted octanol–water partition coefficient (Wildman–Crippen LogP) is 4.65. The molecule has 5 heteroatoms. The van der Waals surface area contributed by atoms with Gasteiger partial charge in [0.2, 0.25) is 11.9 Å². The zero-order valence-electron chi connectivity index (χ0n) is 18.3. The van der Waals surface area contributed by atoms with Gasteiger partial charge in [-0.05, 0) is 69.4 Å². The van der Waals surface area contributed by atoms with Crippen LogP contribution in [0.4, 0.5) is 5.95 Å². The molecule has 3 aromatic rings. The second-order valence-corrected chi connectivity index (χ2v) is 8.46. The van der Waals surface area contributed by atoms with Crippen LogP contribution in [0.1, 0.15) is 48.2 Å². The Morgan fingerprint density at radius 3 is 2.40 bits per heavy atom. The third-order valence-electron chi connectivity index (χ3n) is 6.30. The lowest BCUT2D eigenvalue weighted by atomic mass is 9.95. The van der Waals surface area contributed by atoms with Crippen LogP contribution in [0.3, 0.4) is 0 Å². The minimum atomic E-state index is 0.0231. The van der Waals surface area contributed by atoms with Crippen molar-refractivity contribution in [2.24, 2.45) is 5.92 Å². The Kier molecular flexibility index (Phi) is 5.71. The van der Waals surface area contributed by atoms with Gasteiger partial charge in [0.15, 0.2) is 0 Å². The van der Waals surface area contributed by atoms with Gasteiger partial charge in [-0.15, -0.1) is 0 Å². The number of benzene rings is 2. The number of aromatic nitrogens is 2. The van der Waals surface area contributed by atoms with Gasteiger partial charge in [0, 0.05) is 24.4 Å². The van der Waals surface area contributed by atoms with E-state index < -0.39 is 0 Å². The standard InChI is InChI=1S/C25H30N4O/c1-16-14-22-19(4)27-25(28-23(22)15-17(16)2)29-12-10-21(11-13-29)24(30)26-18(3)20-8-6-5-7-9-20/h5-9,14-15,18,21H,10-13H2,1-4H3,(H,26,30). The molecule has 1 N–H and O–H groups in total. The minimum Gasteiger partial charge on any atom is -0.349 e. The second-order valence-electron chi connectivity index (χ2n) is 8.46. The fraction of sp³-hybridized carbons (Fsp3) is 0.400. The summed E-state index contributed by atoms with van der Waals surface area (Å²) in [5.41, 5.74) is 5.65. The summed E-state index contributed by atoms with van der Waals surface area (Å²) in [5.74, 6) is 0.964. The number of nitrogens with zero attached hydrogens (tertiary/aromatic N) is 3. The summed E-state index contributed by atoms with van der Waals surface area (Å²) in [5, 5.41) is 4.29. The zero-order chi connectivity index (χ0) is 21.3. The molecule has 1 aliphatic heterocycles. The number of nitrogens with one attached hydrogen (secondary N) is 1. The maximum Gasteiger partial charge on any atom is 0.226 e. The van der Waals surface area contributed by atoms with Crippen LogP contribution in [0, 0.1) is 26.7 Å². The minimum absolute atomic E-state index is 0.0231. The predicted molar refractivity (Wildman–Crippen MR) is 122 cm³/mol. The Labute approximate surface area is 178 Å². The number of hydrogen-bond acceptors (Lipinski definition) is 4. The van der Waals surface area contributed by atoms with E-state index in [4.69, 9.17) is 9.97 Å². The molecule has 0 radical (unpaired) electrons. The molecule has 1 unspecified atom stereocenters. The summed E-state index contributed by atoms with van der Waals surface area (Å²) in [6.07, 6.45) is 1.64. The molecule has 30 heavy (non-hydrogen) atoms. The molecular weight excluding hydrogens is 372 g/mol. The lowest BCUT2D eigenvalue weighted by Crippen LogP contribution is -2.41. The van der Waals surface area contributed by atoms with E-state index in [2.05, 4.69) is 48.3 Å². The van der Waals surface area contributed by atoms with Crippen molar-refractivity contribution in [3.05, 3.63) is 64.8 Å². The van der Waals surface area contributed by atoms with Gasteiger partial charge < -0.3 is 10.2 Å². The largest absolute Gasteiger partial charge is 0.349 e. The normalized spacial score (nSPS) is 15.9. The zero-order valence-corrected chi connectivity index (χ0v) is 18.3. The van der Waals surface area contributed by atoms with Crippen molar-refractivity contribution in [2.75, 3.05) is 18.0 Å². The van der Waals surface area contributed by atoms with E-state index in [1.54, 1.807) is 0 Å². The number of hydrogen-bond donors (Lipinski definition) is 1. The highest BCUT2D eigenvalue weighted by molar-refractivity contribution is 5.83. The van der Waals surface area contributed by atoms with Gasteiger partial charge in [-0.1, -0.05) is 30.3 Å². The Morgan fingerprint density at radius 2 is 1.70 bits per heavy atom. The first-order valence-corrected chi connectivity index (χ1v) is 10.8. The third-order valence-corrected chi connectivity index (χ3v) is 6.30. The van der Waals surface area contributed by atoms with Crippen molar-refractivity contribution in [1.29, 1.82) is 0 Å². The van der Waals surface area contributed by atoms with E-state index in [9.17, 15) is 4.79 Å². The number of amides is 1. The molecule has 1 aromatic heterocycles. The van der Waals surface area contributed by atoms with E-state index in [1.165, 1.54) is 11.1 Å². The van der Waals surface area contributed by atoms with Crippen LogP contribution < -0.4 is 10.2 Å². The molecule has 0 spiro atoms. The van der Waals surface area contributed by atoms with Crippen molar-refractivity contribution in [3.8, 4) is 0 Å². The van der Waals surface area contributed by atoms with E-state index >= 15 is 0 Å². The summed E-state index contributed by atoms with van der Waals surface area (Å²) in [4.78, 5) is 24.6. The van der Waals surface area contributed by atoms with Crippen molar-refractivity contribution in [2.45, 2.75) is 46.6 Å². The molecule has 1 saturated heterocycles. The molecule has 1 aliphatic rings. The van der Waals surface area contributed by atoms with Gasteiger partial charge in [0.1, 0.15) is 0 Å². The number of piperidine rings is 1. The molecule has 156 valence electrons. The SMILES string of the molecule is Cc1cc2nc(N3CCC(C(=O)NC(C)c4ccccc4)CC3)nc(C)c2cc1C. The summed E-state index contributed by atoms with van der Waals surface area (Å²) < 4.78 is 0. The van der Waals surface area contributed by atoms with Crippen molar-refractivity contribution in [3.63, 3.8) is 0 Å². The summed E-state index contributed by atoms with van der Waals surface area (Å²) >= 11 is 0. The monoisotopic (exact) mass is 402 g/mol. The van der Waals surface area contributed by atoms with Crippen LogP contribution in [-0.4, -0.2) is 29.0 Å². The first-order valence-electron chi connectivity index (χ1n) is 10.8. The number of rotatable bonds is 4. The fourth-order valence-corrected chi connectivity index (χ4v) is 4.17. The lowest BCUT2D eigenvalue weighted by molar-refractivity contribution is -0.126. The molecule has 1 fully saturated rings. The fourth-order valence-electron chi connectivity index (χ4n) is 4.17. The third kappa shape index (κ3) is 4.16. The lowest BCUT2D eigenvalue weighted by Gasteiger charge is -2.32. The highest BCUT2D eigenvalue weighted by atomic mass is 16.1. The molecule has 0 aliphatic carbocycles. The summed E-state index contributed by atoms with van der Waals surface area (Å²) in [6.45, 7) is 9.93. The average molecular weight is 403 g/mol. The van der Waals surface area contributed by atoms with Gasteiger partial charge in [0.05, 0.1) is 17.3 Å². The van der Waals surface area contributed by atoms with Crippen LogP contribution in [0.5, 0.6) is 0 Å². The molecule has 0 bridgehead atoms. The maximum atomic E-state index is 12.8. The first-order chi connectivity index (χ1) is 14.4. The highest BCUT2D eigenvalue weighted by Crippen LogP contribution is 2.26. The van der Waals surface area contributed by atoms with Crippen LogP contribution in [0.25, 0.3) is 10.9 Å². The van der Waals surface area contributed by atoms with Gasteiger partial charge in [-0.2, -0.15) is 0 Å². The molecule has 1 atom stereocenters. The van der Waals surface area contributed by atoms with Crippen molar-refractivity contribution in [1.82, 2.24) is 15.3 Å². The smallest absolute Gasteiger partial charge is 0.226 e. The number of fused-ring (bicyclic) bond motifs is 1. The van der Waals surface area contributed by atoms with Crippen molar-refractivity contribution >= 4 is 22.8 Å². The van der Waals surface area contributed by atoms with Crippen molar-refractivity contribution < 1.29 is 4.79 Å². The van der Waals surface area contributed by atoms with E-state index in [-0.39, 0.29) is 17.9 Å². The molecule has 4 rings (SSSR count). The van der Waals surface area contributed by atoms with E-state index in [0.29, 0.717) is 0 Å². The molecule has 2 aromatic carbocycles. The highest BCUT2D eigenvalue weighted by Gasteiger charge is 2.27. The summed E-state index contributed by atoms with van der Waals surface area (Å²) in [7, 11) is 0. The number of carbonyl (C=O) groups excluding carboxylic acids is 1. The van der Waals surface area contributed by atoms with Crippen LogP contribution in [0.15, 0.2) is 42.5 Å². The molecule has 2 heterocycles. The Hall–Kier alpha value is -2.95. The van der Waals surface area contributed by atoms with E-state index in [1.807, 2.05) is 32.0 Å². The number of anilines is 1. The Morgan fingerprint density at radius 1 is 1.03 bits per heavy atom. The second kappa shape index (κ2) is 8.42. The van der Waals surface area contributed by atoms with Crippen LogP contribution in [0.2, 0.25) is 0 Å². The van der Waals surface area contributed by atoms with E-state index in [0.717, 1.165) is 54.0 Å². The molecular formula is C25H30N4O. The first kappa shape index (κ1) is 20.3. The topological polar surface area (TPSA) is 58.1 Å². The quantitative estimate of drug-likeness (QED) is 0.690. The van der Waals surface area contributed by atoms with Crippen LogP contribution >= 0.6 is 0 Å².